The van der Waals surface area contributed by atoms with E-state index in [0.29, 0.717) is 5.69 Å². The lowest BCUT2D eigenvalue weighted by atomic mass is 10.2. The van der Waals surface area contributed by atoms with Crippen LogP contribution < -0.4 is 11.1 Å². The maximum Gasteiger partial charge on any atom is 0.411 e. The number of benzene rings is 1. The quantitative estimate of drug-likeness (QED) is 0.785. The molecule has 1 rings (SSSR count). The second kappa shape index (κ2) is 11.6. The summed E-state index contributed by atoms with van der Waals surface area (Å²) in [5.74, 6) is -0.384. The van der Waals surface area contributed by atoms with Crippen LogP contribution in [0, 0.1) is 5.92 Å². The summed E-state index contributed by atoms with van der Waals surface area (Å²) in [6.45, 7) is 8.24. The summed E-state index contributed by atoms with van der Waals surface area (Å²) in [7, 11) is 0. The molecular formula is C16H30N2O4. The van der Waals surface area contributed by atoms with Crippen LogP contribution in [0.5, 0.6) is 0 Å². The van der Waals surface area contributed by atoms with E-state index in [2.05, 4.69) is 5.32 Å². The van der Waals surface area contributed by atoms with Crippen LogP contribution in [0.2, 0.25) is 0 Å². The van der Waals surface area contributed by atoms with Crippen molar-refractivity contribution < 1.29 is 21.9 Å². The number of ether oxygens (including phenoxy) is 2. The summed E-state index contributed by atoms with van der Waals surface area (Å²) < 4.78 is 9.88. The molecule has 0 heterocycles. The lowest BCUT2D eigenvalue weighted by Gasteiger charge is -2.09. The Labute approximate surface area is 134 Å². The Balaban J connectivity index is -0.00000106. The molecule has 0 aromatic heterocycles. The van der Waals surface area contributed by atoms with E-state index in [1.807, 2.05) is 13.8 Å². The summed E-state index contributed by atoms with van der Waals surface area (Å²) >= 11 is 0. The van der Waals surface area contributed by atoms with E-state index in [1.54, 1.807) is 38.1 Å². The summed E-state index contributed by atoms with van der Waals surface area (Å²) in [6.07, 6.45) is -0.547. The fourth-order valence-electron chi connectivity index (χ4n) is 1.31. The van der Waals surface area contributed by atoms with Gasteiger partial charge in [0.1, 0.15) is 13.2 Å². The van der Waals surface area contributed by atoms with Crippen LogP contribution in [-0.4, -0.2) is 25.2 Å². The van der Waals surface area contributed by atoms with Gasteiger partial charge in [0.15, 0.2) is 0 Å². The number of esters is 1. The van der Waals surface area contributed by atoms with Crippen LogP contribution in [0.1, 0.15) is 36.1 Å². The summed E-state index contributed by atoms with van der Waals surface area (Å²) in [4.78, 5) is 22.6. The molecule has 0 saturated heterocycles. The van der Waals surface area contributed by atoms with Gasteiger partial charge in [0, 0.05) is 15.1 Å². The highest BCUT2D eigenvalue weighted by Crippen LogP contribution is 2.11. The third kappa shape index (κ3) is 8.26. The predicted octanol–water partition coefficient (Wildman–Crippen LogP) is 3.41. The number of nitrogens with one attached hydrogen (secondary N) is 1. The normalized spacial score (nSPS) is 9.55. The summed E-state index contributed by atoms with van der Waals surface area (Å²) in [5.41, 5.74) is 6.67. The molecule has 0 aliphatic heterocycles. The second-order valence-corrected chi connectivity index (χ2v) is 4.51. The van der Waals surface area contributed by atoms with Gasteiger partial charge < -0.3 is 15.2 Å². The zero-order valence-corrected chi connectivity index (χ0v) is 13.7. The monoisotopic (exact) mass is 314 g/mol. The van der Waals surface area contributed by atoms with Crippen molar-refractivity contribution in [1.82, 2.24) is 0 Å². The maximum absolute atomic E-state index is 11.3. The third-order valence-electron chi connectivity index (χ3n) is 2.40. The first kappa shape index (κ1) is 19.9. The van der Waals surface area contributed by atoms with E-state index in [-0.39, 0.29) is 34.5 Å². The van der Waals surface area contributed by atoms with Gasteiger partial charge in [0.25, 0.3) is 0 Å². The smallest absolute Gasteiger partial charge is 0.411 e. The highest BCUT2D eigenvalue weighted by Gasteiger charge is 2.08. The van der Waals surface area contributed by atoms with Crippen molar-refractivity contribution in [2.45, 2.75) is 34.3 Å². The van der Waals surface area contributed by atoms with Gasteiger partial charge >= 0.3 is 12.1 Å². The number of hydrogen-bond acceptors (Lipinski definition) is 5. The standard InChI is InChI=1S/C14H20N2O4.C2H6.2H2/c1-10(2)13(17)20-9-11-3-5-12(6-4-11)16-14(18)19-8-7-15;1-2;;/h3-6,10H,7-9,15H2,1-2H3,(H,16,18);1-2H3;2*1H. The minimum Gasteiger partial charge on any atom is -0.461 e. The second-order valence-electron chi connectivity index (χ2n) is 4.51. The Kier molecular flexibility index (Phi) is 10.5. The van der Waals surface area contributed by atoms with E-state index in [0.717, 1.165) is 5.56 Å². The van der Waals surface area contributed by atoms with Crippen LogP contribution in [-0.2, 0) is 20.9 Å². The number of carbonyl (C=O) groups excluding carboxylic acids is 2. The molecule has 1 aromatic rings. The molecule has 0 aliphatic rings. The minimum absolute atomic E-state index is 0. The van der Waals surface area contributed by atoms with Crippen molar-refractivity contribution in [2.24, 2.45) is 11.7 Å². The maximum atomic E-state index is 11.3. The number of nitrogens with two attached hydrogens (primary N) is 1. The van der Waals surface area contributed by atoms with Gasteiger partial charge in [-0.25, -0.2) is 4.79 Å². The fourth-order valence-corrected chi connectivity index (χ4v) is 1.31. The zero-order valence-electron chi connectivity index (χ0n) is 13.7. The molecule has 0 aliphatic carbocycles. The SMILES string of the molecule is CC.CC(C)C(=O)OCc1ccc(NC(=O)OCCN)cc1.[HH].[HH]. The van der Waals surface area contributed by atoms with E-state index >= 15 is 0 Å². The van der Waals surface area contributed by atoms with Crippen molar-refractivity contribution in [3.05, 3.63) is 29.8 Å². The van der Waals surface area contributed by atoms with Gasteiger partial charge in [0.05, 0.1) is 5.92 Å². The van der Waals surface area contributed by atoms with Gasteiger partial charge in [-0.15, -0.1) is 0 Å². The van der Waals surface area contributed by atoms with Crippen LogP contribution >= 0.6 is 0 Å². The zero-order chi connectivity index (χ0) is 17.0. The van der Waals surface area contributed by atoms with E-state index in [4.69, 9.17) is 15.2 Å². The lowest BCUT2D eigenvalue weighted by molar-refractivity contribution is -0.148. The topological polar surface area (TPSA) is 90.6 Å². The van der Waals surface area contributed by atoms with Gasteiger partial charge in [-0.05, 0) is 17.7 Å². The van der Waals surface area contributed by atoms with E-state index in [1.165, 1.54) is 0 Å². The largest absolute Gasteiger partial charge is 0.461 e. The van der Waals surface area contributed by atoms with Crippen LogP contribution in [0.3, 0.4) is 0 Å². The van der Waals surface area contributed by atoms with Gasteiger partial charge in [-0.1, -0.05) is 39.8 Å². The average molecular weight is 314 g/mol. The average Bonchev–Trinajstić information content (AvgIpc) is 2.53. The van der Waals surface area contributed by atoms with Crippen molar-refractivity contribution in [2.75, 3.05) is 18.5 Å². The Morgan fingerprint density at radius 2 is 1.77 bits per heavy atom. The first-order valence-electron chi connectivity index (χ1n) is 7.42. The molecular weight excluding hydrogens is 284 g/mol. The number of rotatable bonds is 6. The van der Waals surface area contributed by atoms with Crippen molar-refractivity contribution >= 4 is 17.7 Å². The molecule has 0 radical (unpaired) electrons. The molecule has 0 saturated carbocycles. The first-order valence-corrected chi connectivity index (χ1v) is 7.42. The molecule has 0 bridgehead atoms. The molecule has 6 heteroatoms. The lowest BCUT2D eigenvalue weighted by Crippen LogP contribution is -2.18. The van der Waals surface area contributed by atoms with Crippen LogP contribution in [0.25, 0.3) is 0 Å². The molecule has 3 N–H and O–H groups in total. The van der Waals surface area contributed by atoms with Gasteiger partial charge in [-0.2, -0.15) is 0 Å². The fraction of sp³-hybridized carbons (Fsp3) is 0.500. The van der Waals surface area contributed by atoms with Gasteiger partial charge in [0.2, 0.25) is 0 Å². The predicted molar refractivity (Wildman–Crippen MR) is 90.7 cm³/mol. The van der Waals surface area contributed by atoms with Gasteiger partial charge in [-0.3, -0.25) is 10.1 Å². The van der Waals surface area contributed by atoms with Crippen LogP contribution in [0.4, 0.5) is 10.5 Å². The van der Waals surface area contributed by atoms with E-state index < -0.39 is 6.09 Å². The van der Waals surface area contributed by atoms with Crippen molar-refractivity contribution in [1.29, 1.82) is 0 Å². The van der Waals surface area contributed by atoms with E-state index in [9.17, 15) is 9.59 Å². The molecule has 1 amide bonds. The highest BCUT2D eigenvalue weighted by molar-refractivity contribution is 5.84. The first-order chi connectivity index (χ1) is 10.5. The van der Waals surface area contributed by atoms with Crippen molar-refractivity contribution in [3.8, 4) is 0 Å². The molecule has 0 atom stereocenters. The minimum atomic E-state index is -0.547. The Morgan fingerprint density at radius 1 is 1.18 bits per heavy atom. The number of anilines is 1. The number of amides is 1. The number of carbonyl (C=O) groups is 2. The molecule has 128 valence electrons. The third-order valence-corrected chi connectivity index (χ3v) is 2.40. The molecule has 22 heavy (non-hydrogen) atoms. The molecule has 0 unspecified atom stereocenters. The molecule has 1 aromatic carbocycles. The summed E-state index contributed by atoms with van der Waals surface area (Å²) in [5, 5.41) is 2.56. The Hall–Kier alpha value is -2.08. The number of hydrogen-bond donors (Lipinski definition) is 2. The molecule has 6 nitrogen and oxygen atoms in total. The highest BCUT2D eigenvalue weighted by atomic mass is 16.5. The molecule has 0 spiro atoms. The Morgan fingerprint density at radius 3 is 2.27 bits per heavy atom. The van der Waals surface area contributed by atoms with Crippen molar-refractivity contribution in [3.63, 3.8) is 0 Å². The van der Waals surface area contributed by atoms with Crippen LogP contribution in [0.15, 0.2) is 24.3 Å². The Bertz CT molecular complexity index is 454. The molecule has 0 fully saturated rings. The summed E-state index contributed by atoms with van der Waals surface area (Å²) in [6, 6.07) is 6.96.